The Morgan fingerprint density at radius 1 is 1.24 bits per heavy atom. The summed E-state index contributed by atoms with van der Waals surface area (Å²) in [6.07, 6.45) is 0.526. The van der Waals surface area contributed by atoms with Gasteiger partial charge in [-0.05, 0) is 12.8 Å². The van der Waals surface area contributed by atoms with Crippen LogP contribution in [0.4, 0.5) is 4.79 Å². The van der Waals surface area contributed by atoms with Crippen molar-refractivity contribution in [2.24, 2.45) is 0 Å². The van der Waals surface area contributed by atoms with Gasteiger partial charge in [-0.25, -0.2) is 4.79 Å². The summed E-state index contributed by atoms with van der Waals surface area (Å²) in [6, 6.07) is -1.80. The van der Waals surface area contributed by atoms with Crippen LogP contribution < -0.4 is 10.6 Å². The van der Waals surface area contributed by atoms with Crippen molar-refractivity contribution in [1.82, 2.24) is 15.5 Å². The van der Waals surface area contributed by atoms with Crippen molar-refractivity contribution in [2.45, 2.75) is 38.1 Å². The molecule has 0 radical (unpaired) electrons. The summed E-state index contributed by atoms with van der Waals surface area (Å²) >= 11 is 0. The van der Waals surface area contributed by atoms with E-state index < -0.39 is 35.8 Å². The minimum Gasteiger partial charge on any atom is -0.481 e. The van der Waals surface area contributed by atoms with Gasteiger partial charge >= 0.3 is 12.0 Å². The van der Waals surface area contributed by atoms with Gasteiger partial charge in [0.25, 0.3) is 5.91 Å². The highest BCUT2D eigenvalue weighted by atomic mass is 16.4. The van der Waals surface area contributed by atoms with E-state index in [1.54, 1.807) is 0 Å². The Bertz CT molecular complexity index is 476. The Morgan fingerprint density at radius 3 is 2.38 bits per heavy atom. The fourth-order valence-corrected chi connectivity index (χ4v) is 1.81. The molecule has 0 aromatic carbocycles. The third-order valence-electron chi connectivity index (χ3n) is 2.98. The van der Waals surface area contributed by atoms with E-state index in [9.17, 15) is 24.0 Å². The Morgan fingerprint density at radius 2 is 1.86 bits per heavy atom. The van der Waals surface area contributed by atoms with Crippen LogP contribution in [0, 0.1) is 0 Å². The zero-order chi connectivity index (χ0) is 16.0. The molecular weight excluding hydrogens is 282 g/mol. The molecule has 21 heavy (non-hydrogen) atoms. The van der Waals surface area contributed by atoms with Crippen LogP contribution in [-0.2, 0) is 19.2 Å². The second-order valence-corrected chi connectivity index (χ2v) is 4.67. The maximum Gasteiger partial charge on any atom is 0.322 e. The number of carbonyl (C=O) groups is 5. The predicted molar refractivity (Wildman–Crippen MR) is 69.0 cm³/mol. The van der Waals surface area contributed by atoms with Crippen molar-refractivity contribution in [2.75, 3.05) is 7.05 Å². The van der Waals surface area contributed by atoms with Gasteiger partial charge in [0.05, 0.1) is 6.42 Å². The van der Waals surface area contributed by atoms with Crippen molar-refractivity contribution in [3.8, 4) is 0 Å². The van der Waals surface area contributed by atoms with E-state index in [2.05, 4.69) is 5.32 Å². The molecule has 0 aromatic heterocycles. The Kier molecular flexibility index (Phi) is 5.82. The van der Waals surface area contributed by atoms with E-state index in [0.717, 1.165) is 4.90 Å². The lowest BCUT2D eigenvalue weighted by Gasteiger charge is -2.11. The fourth-order valence-electron chi connectivity index (χ4n) is 1.81. The number of likely N-dealkylation sites (tertiary alicyclic amines) is 1. The maximum atomic E-state index is 11.5. The Hall–Kier alpha value is -2.45. The standard InChI is InChI=1S/C12H17N3O6/c1-15-9(17)6-7(11(15)20)13-12(21)14-8(16)4-2-3-5-10(18)19/h7H,2-6H2,1H3,(H,18,19)(H2,13,14,16,21). The van der Waals surface area contributed by atoms with Crippen molar-refractivity contribution in [1.29, 1.82) is 0 Å². The van der Waals surface area contributed by atoms with Crippen LogP contribution in [0.1, 0.15) is 32.1 Å². The summed E-state index contributed by atoms with van der Waals surface area (Å²) < 4.78 is 0. The molecule has 1 unspecified atom stereocenters. The van der Waals surface area contributed by atoms with Gasteiger partial charge in [-0.2, -0.15) is 0 Å². The summed E-state index contributed by atoms with van der Waals surface area (Å²) in [7, 11) is 1.32. The highest BCUT2D eigenvalue weighted by molar-refractivity contribution is 6.07. The number of likely N-dealkylation sites (N-methyl/N-ethyl adjacent to an activating group) is 1. The molecule has 1 aliphatic rings. The molecule has 1 aliphatic heterocycles. The molecule has 1 saturated heterocycles. The van der Waals surface area contributed by atoms with Crippen LogP contribution >= 0.6 is 0 Å². The molecule has 9 nitrogen and oxygen atoms in total. The molecule has 0 bridgehead atoms. The summed E-state index contributed by atoms with van der Waals surface area (Å²) in [5, 5.41) is 12.7. The third kappa shape index (κ3) is 5.21. The van der Waals surface area contributed by atoms with Crippen LogP contribution in [0.3, 0.4) is 0 Å². The Balaban J connectivity index is 2.27. The van der Waals surface area contributed by atoms with Crippen LogP contribution in [0.15, 0.2) is 0 Å². The topological polar surface area (TPSA) is 133 Å². The summed E-state index contributed by atoms with van der Waals surface area (Å²) in [4.78, 5) is 56.9. The number of urea groups is 1. The summed E-state index contributed by atoms with van der Waals surface area (Å²) in [6.45, 7) is 0. The van der Waals surface area contributed by atoms with E-state index in [4.69, 9.17) is 5.11 Å². The largest absolute Gasteiger partial charge is 0.481 e. The zero-order valence-corrected chi connectivity index (χ0v) is 11.5. The molecule has 1 rings (SSSR count). The van der Waals surface area contributed by atoms with E-state index >= 15 is 0 Å². The number of hydrogen-bond donors (Lipinski definition) is 3. The molecule has 1 fully saturated rings. The lowest BCUT2D eigenvalue weighted by Crippen LogP contribution is -2.47. The molecule has 1 heterocycles. The Labute approximate surface area is 120 Å². The molecule has 3 N–H and O–H groups in total. The van der Waals surface area contributed by atoms with Crippen molar-refractivity contribution >= 4 is 29.7 Å². The van der Waals surface area contributed by atoms with E-state index in [-0.39, 0.29) is 19.3 Å². The number of unbranched alkanes of at least 4 members (excludes halogenated alkanes) is 1. The van der Waals surface area contributed by atoms with Gasteiger partial charge in [0, 0.05) is 19.9 Å². The van der Waals surface area contributed by atoms with Crippen molar-refractivity contribution < 1.29 is 29.1 Å². The lowest BCUT2D eigenvalue weighted by molar-refractivity contribution is -0.138. The van der Waals surface area contributed by atoms with Crippen molar-refractivity contribution in [3.05, 3.63) is 0 Å². The number of rotatable bonds is 6. The number of hydrogen-bond acceptors (Lipinski definition) is 5. The summed E-state index contributed by atoms with van der Waals surface area (Å²) in [5.74, 6) is -2.43. The first-order valence-electron chi connectivity index (χ1n) is 6.43. The van der Waals surface area contributed by atoms with E-state index in [0.29, 0.717) is 12.8 Å². The van der Waals surface area contributed by atoms with Gasteiger partial charge in [-0.3, -0.25) is 29.4 Å². The number of amides is 5. The second kappa shape index (κ2) is 7.36. The van der Waals surface area contributed by atoms with Crippen LogP contribution in [0.2, 0.25) is 0 Å². The van der Waals surface area contributed by atoms with Gasteiger partial charge in [0.1, 0.15) is 6.04 Å². The van der Waals surface area contributed by atoms with Gasteiger partial charge < -0.3 is 10.4 Å². The average molecular weight is 299 g/mol. The smallest absolute Gasteiger partial charge is 0.322 e. The zero-order valence-electron chi connectivity index (χ0n) is 11.5. The van der Waals surface area contributed by atoms with E-state index in [1.807, 2.05) is 5.32 Å². The highest BCUT2D eigenvalue weighted by Gasteiger charge is 2.37. The number of nitrogens with one attached hydrogen (secondary N) is 2. The minimum atomic E-state index is -0.956. The molecule has 116 valence electrons. The molecule has 5 amide bonds. The number of imide groups is 2. The molecule has 0 aliphatic carbocycles. The highest BCUT2D eigenvalue weighted by Crippen LogP contribution is 2.10. The first kappa shape index (κ1) is 16.6. The molecule has 9 heteroatoms. The second-order valence-electron chi connectivity index (χ2n) is 4.67. The average Bonchev–Trinajstić information content (AvgIpc) is 2.62. The van der Waals surface area contributed by atoms with Gasteiger partial charge in [0.2, 0.25) is 11.8 Å². The number of carboxylic acid groups (broad SMARTS) is 1. The SMILES string of the molecule is CN1C(=O)CC(NC(=O)NC(=O)CCCCC(=O)O)C1=O. The van der Waals surface area contributed by atoms with Crippen molar-refractivity contribution in [3.63, 3.8) is 0 Å². The molecule has 0 aromatic rings. The monoisotopic (exact) mass is 299 g/mol. The van der Waals surface area contributed by atoms with Crippen LogP contribution in [-0.4, -0.2) is 52.8 Å². The first-order valence-corrected chi connectivity index (χ1v) is 6.43. The maximum absolute atomic E-state index is 11.5. The van der Waals surface area contributed by atoms with Crippen LogP contribution in [0.5, 0.6) is 0 Å². The molecule has 0 spiro atoms. The van der Waals surface area contributed by atoms with Gasteiger partial charge in [-0.1, -0.05) is 0 Å². The normalized spacial score (nSPS) is 17.8. The number of carbonyl (C=O) groups excluding carboxylic acids is 4. The number of aliphatic carboxylic acids is 1. The quantitative estimate of drug-likeness (QED) is 0.435. The van der Waals surface area contributed by atoms with Gasteiger partial charge in [-0.15, -0.1) is 0 Å². The first-order chi connectivity index (χ1) is 9.81. The lowest BCUT2D eigenvalue weighted by atomic mass is 10.2. The molecular formula is C12H17N3O6. The number of nitrogens with zero attached hydrogens (tertiary/aromatic N) is 1. The van der Waals surface area contributed by atoms with Crippen LogP contribution in [0.25, 0.3) is 0 Å². The fraction of sp³-hybridized carbons (Fsp3) is 0.583. The summed E-state index contributed by atoms with van der Waals surface area (Å²) in [5.41, 5.74) is 0. The third-order valence-corrected chi connectivity index (χ3v) is 2.98. The number of carboxylic acids is 1. The molecule has 1 atom stereocenters. The minimum absolute atomic E-state index is 0.0121. The van der Waals surface area contributed by atoms with E-state index in [1.165, 1.54) is 7.05 Å². The van der Waals surface area contributed by atoms with Gasteiger partial charge in [0.15, 0.2) is 0 Å². The molecule has 0 saturated carbocycles. The predicted octanol–water partition coefficient (Wildman–Crippen LogP) is -0.785.